The van der Waals surface area contributed by atoms with Crippen molar-refractivity contribution in [2.24, 2.45) is 7.05 Å². The van der Waals surface area contributed by atoms with Gasteiger partial charge in [-0.25, -0.2) is 9.78 Å². The van der Waals surface area contributed by atoms with E-state index in [-0.39, 0.29) is 23.5 Å². The molecular formula is C12H13ClN4O4. The third-order valence-electron chi connectivity index (χ3n) is 3.18. The molecule has 0 amide bonds. The summed E-state index contributed by atoms with van der Waals surface area (Å²) in [6.45, 7) is 2.45. The lowest BCUT2D eigenvalue weighted by Gasteiger charge is -2.11. The van der Waals surface area contributed by atoms with E-state index in [0.717, 1.165) is 9.13 Å². The summed E-state index contributed by atoms with van der Waals surface area (Å²) < 4.78 is 3.26. The fourth-order valence-corrected chi connectivity index (χ4v) is 2.16. The zero-order valence-electron chi connectivity index (χ0n) is 11.7. The van der Waals surface area contributed by atoms with Crippen LogP contribution in [0.5, 0.6) is 0 Å². The molecule has 0 radical (unpaired) electrons. The van der Waals surface area contributed by atoms with Crippen LogP contribution in [-0.2, 0) is 23.2 Å². The molecule has 0 fully saturated rings. The number of carbonyl (C=O) groups is 2. The highest BCUT2D eigenvalue weighted by molar-refractivity contribution is 6.64. The zero-order valence-corrected chi connectivity index (χ0v) is 12.4. The third-order valence-corrected chi connectivity index (χ3v) is 3.50. The first-order valence-corrected chi connectivity index (χ1v) is 6.48. The van der Waals surface area contributed by atoms with E-state index in [1.165, 1.54) is 31.8 Å². The van der Waals surface area contributed by atoms with Crippen LogP contribution in [0, 0.1) is 0 Å². The Morgan fingerprint density at radius 3 is 2.52 bits per heavy atom. The van der Waals surface area contributed by atoms with Gasteiger partial charge in [-0.05, 0) is 25.4 Å². The molecule has 0 aliphatic carbocycles. The summed E-state index contributed by atoms with van der Waals surface area (Å²) in [7, 11) is 1.44. The Balaban J connectivity index is 2.88. The molecule has 0 saturated heterocycles. The molecule has 0 bridgehead atoms. The van der Waals surface area contributed by atoms with Gasteiger partial charge in [-0.15, -0.1) is 0 Å². The van der Waals surface area contributed by atoms with Crippen LogP contribution in [0.2, 0.25) is 0 Å². The maximum absolute atomic E-state index is 12.4. The van der Waals surface area contributed by atoms with Crippen LogP contribution in [0.25, 0.3) is 11.2 Å². The molecule has 1 atom stereocenters. The van der Waals surface area contributed by atoms with Crippen LogP contribution in [0.1, 0.15) is 19.9 Å². The lowest BCUT2D eigenvalue weighted by atomic mass is 10.3. The van der Waals surface area contributed by atoms with Gasteiger partial charge in [0.25, 0.3) is 5.56 Å². The van der Waals surface area contributed by atoms with Crippen LogP contribution in [0.3, 0.4) is 0 Å². The smallest absolute Gasteiger partial charge is 0.313 e. The van der Waals surface area contributed by atoms with E-state index in [4.69, 9.17) is 11.6 Å². The minimum Gasteiger partial charge on any atom is -0.313 e. The van der Waals surface area contributed by atoms with E-state index < -0.39 is 22.5 Å². The van der Waals surface area contributed by atoms with E-state index in [0.29, 0.717) is 0 Å². The molecule has 21 heavy (non-hydrogen) atoms. The number of halogens is 1. The van der Waals surface area contributed by atoms with E-state index in [9.17, 15) is 19.2 Å². The van der Waals surface area contributed by atoms with Crippen molar-refractivity contribution in [2.75, 3.05) is 0 Å². The SMILES string of the molecule is CC(=O)Cn1c(=O)c2c(ncn2[C@@H](C)C(=O)Cl)n(C)c1=O. The monoisotopic (exact) mass is 312 g/mol. The summed E-state index contributed by atoms with van der Waals surface area (Å²) in [5.41, 5.74) is -1.13. The lowest BCUT2D eigenvalue weighted by Crippen LogP contribution is -2.41. The summed E-state index contributed by atoms with van der Waals surface area (Å²) in [5.74, 6) is -0.332. The average Bonchev–Trinajstić information content (AvgIpc) is 2.84. The average molecular weight is 313 g/mol. The summed E-state index contributed by atoms with van der Waals surface area (Å²) in [5, 5.41) is -0.666. The number of carbonyl (C=O) groups excluding carboxylic acids is 2. The fourth-order valence-electron chi connectivity index (χ4n) is 2.05. The maximum atomic E-state index is 12.4. The highest BCUT2D eigenvalue weighted by Crippen LogP contribution is 2.15. The molecule has 0 N–H and O–H groups in total. The zero-order chi connectivity index (χ0) is 15.9. The number of hydrogen-bond donors (Lipinski definition) is 0. The normalized spacial score (nSPS) is 12.6. The molecule has 2 aromatic rings. The Morgan fingerprint density at radius 1 is 1.38 bits per heavy atom. The summed E-state index contributed by atoms with van der Waals surface area (Å²) in [4.78, 5) is 51.0. The first-order chi connectivity index (χ1) is 9.75. The highest BCUT2D eigenvalue weighted by atomic mass is 35.5. The van der Waals surface area contributed by atoms with Crippen LogP contribution >= 0.6 is 11.6 Å². The molecule has 0 aromatic carbocycles. The van der Waals surface area contributed by atoms with Gasteiger partial charge in [-0.1, -0.05) is 0 Å². The predicted octanol–water partition coefficient (Wildman–Crippen LogP) is -0.188. The van der Waals surface area contributed by atoms with Gasteiger partial charge in [0.2, 0.25) is 5.24 Å². The number of imidazole rings is 1. The van der Waals surface area contributed by atoms with Gasteiger partial charge < -0.3 is 4.57 Å². The van der Waals surface area contributed by atoms with E-state index in [1.807, 2.05) is 0 Å². The van der Waals surface area contributed by atoms with Crippen LogP contribution in [0.4, 0.5) is 0 Å². The fraction of sp³-hybridized carbons (Fsp3) is 0.417. The van der Waals surface area contributed by atoms with Crippen molar-refractivity contribution < 1.29 is 9.59 Å². The molecule has 112 valence electrons. The summed E-state index contributed by atoms with van der Waals surface area (Å²) in [6, 6.07) is -0.812. The van der Waals surface area contributed by atoms with Crippen molar-refractivity contribution >= 4 is 33.8 Å². The number of Topliss-reactive ketones (excluding diaryl/α,β-unsaturated/α-hetero) is 1. The third kappa shape index (κ3) is 2.42. The quantitative estimate of drug-likeness (QED) is 0.729. The second kappa shape index (κ2) is 5.28. The van der Waals surface area contributed by atoms with Crippen LogP contribution in [-0.4, -0.2) is 29.7 Å². The maximum Gasteiger partial charge on any atom is 0.332 e. The second-order valence-corrected chi connectivity index (χ2v) is 5.11. The number of aryl methyl sites for hydroxylation is 1. The topological polar surface area (TPSA) is 96.0 Å². The Labute approximate surface area is 123 Å². The number of ketones is 1. The van der Waals surface area contributed by atoms with E-state index >= 15 is 0 Å². The first kappa shape index (κ1) is 15.2. The molecule has 0 aliphatic rings. The van der Waals surface area contributed by atoms with Crippen LogP contribution in [0.15, 0.2) is 15.9 Å². The number of hydrogen-bond acceptors (Lipinski definition) is 5. The largest absolute Gasteiger partial charge is 0.332 e. The van der Waals surface area contributed by atoms with Crippen LogP contribution < -0.4 is 11.2 Å². The molecule has 8 nitrogen and oxygen atoms in total. The molecular weight excluding hydrogens is 300 g/mol. The summed E-state index contributed by atoms with van der Waals surface area (Å²) in [6.07, 6.45) is 1.27. The highest BCUT2D eigenvalue weighted by Gasteiger charge is 2.21. The lowest BCUT2D eigenvalue weighted by molar-refractivity contribution is -0.117. The minimum absolute atomic E-state index is 0.0554. The first-order valence-electron chi connectivity index (χ1n) is 6.10. The molecule has 0 aliphatic heterocycles. The van der Waals surface area contributed by atoms with Gasteiger partial charge in [-0.3, -0.25) is 23.5 Å². The predicted molar refractivity (Wildman–Crippen MR) is 75.5 cm³/mol. The molecule has 2 heterocycles. The van der Waals surface area contributed by atoms with Crippen molar-refractivity contribution in [2.45, 2.75) is 26.4 Å². The molecule has 2 aromatic heterocycles. The number of rotatable bonds is 4. The van der Waals surface area contributed by atoms with Gasteiger partial charge in [0.05, 0.1) is 12.9 Å². The number of nitrogens with zero attached hydrogens (tertiary/aromatic N) is 4. The summed E-state index contributed by atoms with van der Waals surface area (Å²) >= 11 is 5.45. The number of aromatic nitrogens is 4. The molecule has 0 spiro atoms. The Hall–Kier alpha value is -2.22. The van der Waals surface area contributed by atoms with Crippen molar-refractivity contribution in [1.82, 2.24) is 18.7 Å². The molecule has 0 saturated carbocycles. The van der Waals surface area contributed by atoms with Crippen molar-refractivity contribution in [1.29, 1.82) is 0 Å². The molecule has 2 rings (SSSR count). The Morgan fingerprint density at radius 2 is 2.00 bits per heavy atom. The Kier molecular flexibility index (Phi) is 3.82. The van der Waals surface area contributed by atoms with Crippen molar-refractivity contribution in [3.63, 3.8) is 0 Å². The second-order valence-electron chi connectivity index (χ2n) is 4.74. The van der Waals surface area contributed by atoms with E-state index in [1.54, 1.807) is 0 Å². The van der Waals surface area contributed by atoms with Crippen molar-refractivity contribution in [3.05, 3.63) is 27.2 Å². The van der Waals surface area contributed by atoms with Gasteiger partial charge >= 0.3 is 5.69 Å². The van der Waals surface area contributed by atoms with Gasteiger partial charge in [0.15, 0.2) is 11.2 Å². The molecule has 9 heteroatoms. The minimum atomic E-state index is -0.812. The van der Waals surface area contributed by atoms with Gasteiger partial charge in [0.1, 0.15) is 11.8 Å². The van der Waals surface area contributed by atoms with Gasteiger partial charge in [0, 0.05) is 7.05 Å². The van der Waals surface area contributed by atoms with E-state index in [2.05, 4.69) is 4.98 Å². The Bertz CT molecular complexity index is 860. The molecule has 0 unspecified atom stereocenters. The van der Waals surface area contributed by atoms with Gasteiger partial charge in [-0.2, -0.15) is 0 Å². The van der Waals surface area contributed by atoms with Crippen molar-refractivity contribution in [3.8, 4) is 0 Å². The number of fused-ring (bicyclic) bond motifs is 1. The standard InChI is InChI=1S/C12H13ClN4O4/c1-6(18)4-16-11(20)8-10(15(3)12(16)21)14-5-17(8)7(2)9(13)19/h5,7H,4H2,1-3H3/t7-/m0/s1.